The second-order valence-electron chi connectivity index (χ2n) is 7.75. The van der Waals surface area contributed by atoms with E-state index in [4.69, 9.17) is 16.3 Å². The summed E-state index contributed by atoms with van der Waals surface area (Å²) in [4.78, 5) is 26.0. The van der Waals surface area contributed by atoms with Crippen molar-refractivity contribution < 1.29 is 14.3 Å². The van der Waals surface area contributed by atoms with Gasteiger partial charge in [-0.3, -0.25) is 4.79 Å². The van der Waals surface area contributed by atoms with E-state index in [1.807, 2.05) is 24.3 Å². The van der Waals surface area contributed by atoms with Gasteiger partial charge in [-0.1, -0.05) is 41.9 Å². The van der Waals surface area contributed by atoms with Crippen LogP contribution in [-0.2, 0) is 10.3 Å². The number of esters is 1. The van der Waals surface area contributed by atoms with E-state index < -0.39 is 11.6 Å². The molecule has 2 aromatic rings. The highest BCUT2D eigenvalue weighted by molar-refractivity contribution is 6.35. The molecule has 1 fully saturated rings. The highest BCUT2D eigenvalue weighted by Gasteiger charge is 2.48. The molecule has 6 heteroatoms. The molecule has 29 heavy (non-hydrogen) atoms. The molecule has 1 spiro atoms. The number of ketones is 1. The summed E-state index contributed by atoms with van der Waals surface area (Å²) in [7, 11) is 0. The molecule has 0 aliphatic carbocycles. The predicted molar refractivity (Wildman–Crippen MR) is 111 cm³/mol. The fourth-order valence-electron chi connectivity index (χ4n) is 4.54. The number of nitrogens with one attached hydrogen (secondary N) is 2. The summed E-state index contributed by atoms with van der Waals surface area (Å²) < 4.78 is 5.74. The molecule has 5 rings (SSSR count). The van der Waals surface area contributed by atoms with E-state index in [0.29, 0.717) is 34.7 Å². The third kappa shape index (κ3) is 3.01. The van der Waals surface area contributed by atoms with Crippen molar-refractivity contribution in [3.8, 4) is 0 Å². The van der Waals surface area contributed by atoms with Gasteiger partial charge in [0.15, 0.2) is 11.4 Å². The minimum atomic E-state index is -0.655. The Morgan fingerprint density at radius 2 is 2.00 bits per heavy atom. The quantitative estimate of drug-likeness (QED) is 0.602. The maximum atomic E-state index is 13.3. The number of ether oxygens (including phenoxy) is 1. The summed E-state index contributed by atoms with van der Waals surface area (Å²) in [6, 6.07) is 10.9. The molecule has 0 amide bonds. The molecule has 2 N–H and O–H groups in total. The number of carbonyl (C=O) groups is 2. The van der Waals surface area contributed by atoms with Crippen molar-refractivity contribution in [1.29, 1.82) is 0 Å². The number of rotatable bonds is 3. The fourth-order valence-corrected chi connectivity index (χ4v) is 4.81. The molecular formula is C23H21ClN2O3. The van der Waals surface area contributed by atoms with Crippen molar-refractivity contribution in [3.63, 3.8) is 0 Å². The van der Waals surface area contributed by atoms with Gasteiger partial charge in [0.2, 0.25) is 0 Å². The zero-order valence-corrected chi connectivity index (χ0v) is 16.6. The number of benzene rings is 2. The molecule has 3 aliphatic heterocycles. The van der Waals surface area contributed by atoms with E-state index in [1.54, 1.807) is 12.1 Å². The standard InChI is InChI=1S/C23H21ClN2O3/c24-19-12-15(14-6-9-25-10-7-14)4-5-16(19)21(27)17-2-1-3-18-20(17)22(28)29-23(18)8-11-26-13-23/h1-6,12,25-26H,7-11,13H2/t23-/m0/s1. The van der Waals surface area contributed by atoms with Crippen molar-refractivity contribution in [1.82, 2.24) is 10.6 Å². The lowest BCUT2D eigenvalue weighted by molar-refractivity contribution is 0.00159. The number of hydrogen-bond acceptors (Lipinski definition) is 5. The van der Waals surface area contributed by atoms with Crippen molar-refractivity contribution in [2.24, 2.45) is 0 Å². The predicted octanol–water partition coefficient (Wildman–Crippen LogP) is 3.31. The summed E-state index contributed by atoms with van der Waals surface area (Å²) in [6.07, 6.45) is 3.78. The summed E-state index contributed by atoms with van der Waals surface area (Å²) in [6.45, 7) is 3.12. The minimum absolute atomic E-state index is 0.252. The first-order valence-corrected chi connectivity index (χ1v) is 10.3. The van der Waals surface area contributed by atoms with Crippen LogP contribution in [0.3, 0.4) is 0 Å². The number of carbonyl (C=O) groups excluding carboxylic acids is 2. The van der Waals surface area contributed by atoms with Crippen LogP contribution < -0.4 is 10.6 Å². The fraction of sp³-hybridized carbons (Fsp3) is 0.304. The van der Waals surface area contributed by atoms with Crippen LogP contribution in [0.5, 0.6) is 0 Å². The summed E-state index contributed by atoms with van der Waals surface area (Å²) in [5.41, 5.74) is 3.53. The molecule has 1 atom stereocenters. The number of hydrogen-bond donors (Lipinski definition) is 2. The average Bonchev–Trinajstić information content (AvgIpc) is 3.33. The van der Waals surface area contributed by atoms with E-state index in [9.17, 15) is 9.59 Å². The Morgan fingerprint density at radius 3 is 2.72 bits per heavy atom. The molecule has 1 saturated heterocycles. The maximum absolute atomic E-state index is 13.3. The molecule has 0 bridgehead atoms. The Kier molecular flexibility index (Phi) is 4.54. The maximum Gasteiger partial charge on any atom is 0.340 e. The van der Waals surface area contributed by atoms with Crippen LogP contribution >= 0.6 is 11.6 Å². The molecule has 0 radical (unpaired) electrons. The molecule has 3 aliphatic rings. The van der Waals surface area contributed by atoms with Gasteiger partial charge in [0.05, 0.1) is 10.6 Å². The van der Waals surface area contributed by atoms with E-state index in [1.165, 1.54) is 5.57 Å². The van der Waals surface area contributed by atoms with Crippen LogP contribution in [0, 0.1) is 0 Å². The first-order valence-electron chi connectivity index (χ1n) is 9.91. The highest BCUT2D eigenvalue weighted by Crippen LogP contribution is 2.42. The van der Waals surface area contributed by atoms with E-state index in [2.05, 4.69) is 16.7 Å². The first kappa shape index (κ1) is 18.6. The average molecular weight is 409 g/mol. The summed E-state index contributed by atoms with van der Waals surface area (Å²) >= 11 is 6.51. The zero-order valence-electron chi connectivity index (χ0n) is 15.9. The van der Waals surface area contributed by atoms with Crippen LogP contribution in [0.1, 0.15) is 50.2 Å². The van der Waals surface area contributed by atoms with Crippen molar-refractivity contribution >= 4 is 28.9 Å². The van der Waals surface area contributed by atoms with Gasteiger partial charge in [-0.2, -0.15) is 0 Å². The number of halogens is 1. The van der Waals surface area contributed by atoms with Gasteiger partial charge in [-0.15, -0.1) is 0 Å². The molecule has 3 heterocycles. The van der Waals surface area contributed by atoms with Gasteiger partial charge in [0, 0.05) is 36.2 Å². The Bertz CT molecular complexity index is 1050. The molecule has 0 saturated carbocycles. The minimum Gasteiger partial charge on any atom is -0.449 e. The van der Waals surface area contributed by atoms with Crippen LogP contribution in [0.2, 0.25) is 5.02 Å². The third-order valence-electron chi connectivity index (χ3n) is 6.06. The van der Waals surface area contributed by atoms with Gasteiger partial charge in [-0.05, 0) is 42.8 Å². The Balaban J connectivity index is 1.53. The van der Waals surface area contributed by atoms with E-state index in [-0.39, 0.29) is 5.78 Å². The van der Waals surface area contributed by atoms with Gasteiger partial charge in [0.25, 0.3) is 0 Å². The Hall–Kier alpha value is -2.47. The lowest BCUT2D eigenvalue weighted by atomic mass is 9.87. The SMILES string of the molecule is O=C(c1ccc(C2=CCNCC2)cc1Cl)c1cccc2c1C(=O)O[C@]21CCNC1. The van der Waals surface area contributed by atoms with Crippen molar-refractivity contribution in [3.05, 3.63) is 75.3 Å². The smallest absolute Gasteiger partial charge is 0.340 e. The van der Waals surface area contributed by atoms with Crippen LogP contribution in [-0.4, -0.2) is 37.9 Å². The normalized spacial score (nSPS) is 23.1. The zero-order chi connectivity index (χ0) is 20.0. The lowest BCUT2D eigenvalue weighted by Crippen LogP contribution is -2.28. The topological polar surface area (TPSA) is 67.4 Å². The molecule has 5 nitrogen and oxygen atoms in total. The second-order valence-corrected chi connectivity index (χ2v) is 8.15. The monoisotopic (exact) mass is 408 g/mol. The third-order valence-corrected chi connectivity index (χ3v) is 6.37. The van der Waals surface area contributed by atoms with Crippen LogP contribution in [0.15, 0.2) is 42.5 Å². The first-order chi connectivity index (χ1) is 14.1. The van der Waals surface area contributed by atoms with Crippen LogP contribution in [0.4, 0.5) is 0 Å². The van der Waals surface area contributed by atoms with E-state index in [0.717, 1.165) is 37.2 Å². The second kappa shape index (κ2) is 7.10. The van der Waals surface area contributed by atoms with Gasteiger partial charge in [-0.25, -0.2) is 4.79 Å². The van der Waals surface area contributed by atoms with E-state index >= 15 is 0 Å². The number of fused-ring (bicyclic) bond motifs is 2. The van der Waals surface area contributed by atoms with Crippen LogP contribution in [0.25, 0.3) is 5.57 Å². The Morgan fingerprint density at radius 1 is 1.10 bits per heavy atom. The molecule has 0 aromatic heterocycles. The summed E-state index contributed by atoms with van der Waals surface area (Å²) in [5, 5.41) is 6.93. The van der Waals surface area contributed by atoms with Gasteiger partial charge in [0.1, 0.15) is 0 Å². The van der Waals surface area contributed by atoms with Crippen molar-refractivity contribution in [2.75, 3.05) is 26.2 Å². The van der Waals surface area contributed by atoms with Gasteiger partial charge < -0.3 is 15.4 Å². The summed E-state index contributed by atoms with van der Waals surface area (Å²) in [5.74, 6) is -0.682. The molecular weight excluding hydrogens is 388 g/mol. The molecule has 148 valence electrons. The largest absolute Gasteiger partial charge is 0.449 e. The van der Waals surface area contributed by atoms with Gasteiger partial charge >= 0.3 is 5.97 Å². The molecule has 0 unspecified atom stereocenters. The lowest BCUT2D eigenvalue weighted by Gasteiger charge is -2.21. The molecule has 2 aromatic carbocycles. The highest BCUT2D eigenvalue weighted by atomic mass is 35.5. The Labute approximate surface area is 174 Å². The van der Waals surface area contributed by atoms with Crippen molar-refractivity contribution in [2.45, 2.75) is 18.4 Å².